The third-order valence-electron chi connectivity index (χ3n) is 3.24. The predicted molar refractivity (Wildman–Crippen MR) is 98.9 cm³/mol. The second kappa shape index (κ2) is 7.83. The zero-order valence-corrected chi connectivity index (χ0v) is 15.0. The fourth-order valence-electron chi connectivity index (χ4n) is 2.06. The van der Waals surface area contributed by atoms with Crippen LogP contribution in [0.4, 0.5) is 5.69 Å². The number of nitrogens with one attached hydrogen (secondary N) is 1. The topological polar surface area (TPSA) is 51.5 Å². The highest BCUT2D eigenvalue weighted by atomic mass is 35.5. The number of amides is 1. The SMILES string of the molecule is O=C(Nc1ccc(Cl)c(Cl)c1)c1ccc(COc2cccc(Cl)c2)o1. The molecule has 4 nitrogen and oxygen atoms in total. The van der Waals surface area contributed by atoms with Crippen molar-refractivity contribution in [1.29, 1.82) is 0 Å². The number of anilines is 1. The van der Waals surface area contributed by atoms with Gasteiger partial charge in [0, 0.05) is 10.7 Å². The average molecular weight is 397 g/mol. The Morgan fingerprint density at radius 2 is 1.84 bits per heavy atom. The van der Waals surface area contributed by atoms with Crippen molar-refractivity contribution in [2.24, 2.45) is 0 Å². The van der Waals surface area contributed by atoms with Gasteiger partial charge >= 0.3 is 0 Å². The van der Waals surface area contributed by atoms with E-state index < -0.39 is 5.91 Å². The van der Waals surface area contributed by atoms with Crippen LogP contribution in [0.3, 0.4) is 0 Å². The van der Waals surface area contributed by atoms with E-state index in [-0.39, 0.29) is 12.4 Å². The maximum Gasteiger partial charge on any atom is 0.291 e. The van der Waals surface area contributed by atoms with Crippen LogP contribution >= 0.6 is 34.8 Å². The number of rotatable bonds is 5. The van der Waals surface area contributed by atoms with Gasteiger partial charge in [0.15, 0.2) is 5.76 Å². The molecule has 0 radical (unpaired) electrons. The fourth-order valence-corrected chi connectivity index (χ4v) is 2.53. The van der Waals surface area contributed by atoms with E-state index in [0.29, 0.717) is 32.3 Å². The summed E-state index contributed by atoms with van der Waals surface area (Å²) in [5, 5.41) is 4.04. The Balaban J connectivity index is 1.62. The highest BCUT2D eigenvalue weighted by Gasteiger charge is 2.12. The summed E-state index contributed by atoms with van der Waals surface area (Å²) in [5.41, 5.74) is 0.521. The lowest BCUT2D eigenvalue weighted by Gasteiger charge is -2.05. The molecule has 128 valence electrons. The molecule has 3 aromatic rings. The van der Waals surface area contributed by atoms with Gasteiger partial charge in [-0.2, -0.15) is 0 Å². The van der Waals surface area contributed by atoms with Crippen LogP contribution in [0.1, 0.15) is 16.3 Å². The molecule has 2 aromatic carbocycles. The fraction of sp³-hybridized carbons (Fsp3) is 0.0556. The summed E-state index contributed by atoms with van der Waals surface area (Å²) < 4.78 is 11.1. The molecule has 0 atom stereocenters. The van der Waals surface area contributed by atoms with Crippen LogP contribution in [0.2, 0.25) is 15.1 Å². The molecule has 1 N–H and O–H groups in total. The van der Waals surface area contributed by atoms with Crippen molar-refractivity contribution in [2.75, 3.05) is 5.32 Å². The summed E-state index contributed by atoms with van der Waals surface area (Å²) in [6.07, 6.45) is 0. The second-order valence-corrected chi connectivity index (χ2v) is 6.35. The minimum atomic E-state index is -0.396. The van der Waals surface area contributed by atoms with Gasteiger partial charge < -0.3 is 14.5 Å². The van der Waals surface area contributed by atoms with E-state index in [1.54, 1.807) is 54.6 Å². The molecule has 7 heteroatoms. The van der Waals surface area contributed by atoms with Crippen molar-refractivity contribution < 1.29 is 13.9 Å². The molecule has 25 heavy (non-hydrogen) atoms. The maximum atomic E-state index is 12.2. The van der Waals surface area contributed by atoms with Gasteiger partial charge in [-0.15, -0.1) is 0 Å². The normalized spacial score (nSPS) is 10.5. The van der Waals surface area contributed by atoms with Crippen LogP contribution in [-0.2, 0) is 6.61 Å². The second-order valence-electron chi connectivity index (χ2n) is 5.10. The molecule has 1 heterocycles. The Morgan fingerprint density at radius 1 is 1.00 bits per heavy atom. The van der Waals surface area contributed by atoms with Gasteiger partial charge in [0.25, 0.3) is 5.91 Å². The highest BCUT2D eigenvalue weighted by molar-refractivity contribution is 6.42. The molecule has 0 saturated carbocycles. The van der Waals surface area contributed by atoms with Crippen molar-refractivity contribution in [3.63, 3.8) is 0 Å². The maximum absolute atomic E-state index is 12.2. The zero-order valence-electron chi connectivity index (χ0n) is 12.8. The lowest BCUT2D eigenvalue weighted by molar-refractivity contribution is 0.0992. The van der Waals surface area contributed by atoms with Gasteiger partial charge in [-0.1, -0.05) is 40.9 Å². The summed E-state index contributed by atoms with van der Waals surface area (Å²) in [4.78, 5) is 12.2. The lowest BCUT2D eigenvalue weighted by Crippen LogP contribution is -2.10. The minimum Gasteiger partial charge on any atom is -0.486 e. The average Bonchev–Trinajstić information content (AvgIpc) is 3.06. The third-order valence-corrected chi connectivity index (χ3v) is 4.21. The number of hydrogen-bond acceptors (Lipinski definition) is 3. The number of hydrogen-bond donors (Lipinski definition) is 1. The molecular weight excluding hydrogens is 385 g/mol. The number of carbonyl (C=O) groups is 1. The minimum absolute atomic E-state index is 0.163. The number of ether oxygens (including phenoxy) is 1. The number of benzene rings is 2. The molecule has 0 fully saturated rings. The highest BCUT2D eigenvalue weighted by Crippen LogP contribution is 2.25. The molecule has 1 amide bonds. The molecule has 0 spiro atoms. The molecular formula is C18H12Cl3NO3. The molecule has 0 aliphatic heterocycles. The molecule has 0 unspecified atom stereocenters. The number of halogens is 3. The summed E-state index contributed by atoms with van der Waals surface area (Å²) in [6, 6.07) is 15.1. The van der Waals surface area contributed by atoms with Crippen molar-refractivity contribution in [3.8, 4) is 5.75 Å². The van der Waals surface area contributed by atoms with Crippen LogP contribution in [0.25, 0.3) is 0 Å². The van der Waals surface area contributed by atoms with E-state index in [1.165, 1.54) is 0 Å². The van der Waals surface area contributed by atoms with Crippen molar-refractivity contribution in [3.05, 3.63) is 81.2 Å². The van der Waals surface area contributed by atoms with E-state index >= 15 is 0 Å². The molecule has 1 aromatic heterocycles. The summed E-state index contributed by atoms with van der Waals surface area (Å²) >= 11 is 17.7. The molecule has 0 aliphatic carbocycles. The van der Waals surface area contributed by atoms with Gasteiger partial charge in [0.05, 0.1) is 10.0 Å². The monoisotopic (exact) mass is 395 g/mol. The van der Waals surface area contributed by atoms with E-state index in [0.717, 1.165) is 0 Å². The third kappa shape index (κ3) is 4.69. The van der Waals surface area contributed by atoms with Gasteiger partial charge in [-0.3, -0.25) is 4.79 Å². The predicted octanol–water partition coefficient (Wildman–Crippen LogP) is 6.07. The molecule has 0 aliphatic rings. The Morgan fingerprint density at radius 3 is 2.60 bits per heavy atom. The van der Waals surface area contributed by atoms with Crippen molar-refractivity contribution in [1.82, 2.24) is 0 Å². The van der Waals surface area contributed by atoms with Gasteiger partial charge in [-0.05, 0) is 48.5 Å². The van der Waals surface area contributed by atoms with Gasteiger partial charge in [-0.25, -0.2) is 0 Å². The number of furan rings is 1. The standard InChI is InChI=1S/C18H12Cl3NO3/c19-11-2-1-3-13(8-11)24-10-14-5-7-17(25-14)18(23)22-12-4-6-15(20)16(21)9-12/h1-9H,10H2,(H,22,23). The van der Waals surface area contributed by atoms with Crippen LogP contribution in [0.5, 0.6) is 5.75 Å². The van der Waals surface area contributed by atoms with Gasteiger partial charge in [0.2, 0.25) is 0 Å². The van der Waals surface area contributed by atoms with Gasteiger partial charge in [0.1, 0.15) is 18.1 Å². The van der Waals surface area contributed by atoms with E-state index in [4.69, 9.17) is 44.0 Å². The first kappa shape index (κ1) is 17.7. The molecule has 0 saturated heterocycles. The quantitative estimate of drug-likeness (QED) is 0.569. The summed E-state index contributed by atoms with van der Waals surface area (Å²) in [6.45, 7) is 0.181. The Kier molecular flexibility index (Phi) is 5.53. The Bertz CT molecular complexity index is 908. The molecule has 0 bridgehead atoms. The molecule has 3 rings (SSSR count). The first-order chi connectivity index (χ1) is 12.0. The van der Waals surface area contributed by atoms with E-state index in [9.17, 15) is 4.79 Å². The Hall–Kier alpha value is -2.14. The summed E-state index contributed by atoms with van der Waals surface area (Å²) in [5.74, 6) is 0.896. The zero-order chi connectivity index (χ0) is 17.8. The van der Waals surface area contributed by atoms with Crippen molar-refractivity contribution >= 4 is 46.4 Å². The largest absolute Gasteiger partial charge is 0.486 e. The van der Waals surface area contributed by atoms with Crippen LogP contribution in [-0.4, -0.2) is 5.91 Å². The van der Waals surface area contributed by atoms with E-state index in [2.05, 4.69) is 5.32 Å². The van der Waals surface area contributed by atoms with Crippen LogP contribution < -0.4 is 10.1 Å². The van der Waals surface area contributed by atoms with E-state index in [1.807, 2.05) is 0 Å². The van der Waals surface area contributed by atoms with Crippen molar-refractivity contribution in [2.45, 2.75) is 6.61 Å². The van der Waals surface area contributed by atoms with Crippen LogP contribution in [0, 0.1) is 0 Å². The lowest BCUT2D eigenvalue weighted by atomic mass is 10.3. The first-order valence-corrected chi connectivity index (χ1v) is 8.38. The smallest absolute Gasteiger partial charge is 0.291 e. The Labute approximate surface area is 159 Å². The number of carbonyl (C=O) groups excluding carboxylic acids is 1. The van der Waals surface area contributed by atoms with Crippen LogP contribution in [0.15, 0.2) is 59.0 Å². The summed E-state index contributed by atoms with van der Waals surface area (Å²) in [7, 11) is 0. The first-order valence-electron chi connectivity index (χ1n) is 7.25.